The van der Waals surface area contributed by atoms with Crippen molar-refractivity contribution in [3.05, 3.63) is 46.9 Å². The fraction of sp³-hybridized carbons (Fsp3) is 0.375. The number of H-pyrrole nitrogens is 1. The van der Waals surface area contributed by atoms with Gasteiger partial charge in [0.25, 0.3) is 0 Å². The van der Waals surface area contributed by atoms with E-state index in [4.69, 9.17) is 21.6 Å². The number of aryl methyl sites for hydroxylation is 1. The number of rotatable bonds is 3. The Labute approximate surface area is 198 Å². The Morgan fingerprint density at radius 2 is 2.06 bits per heavy atom. The van der Waals surface area contributed by atoms with E-state index in [0.29, 0.717) is 11.9 Å². The molecule has 1 atom stereocenters. The van der Waals surface area contributed by atoms with Crippen molar-refractivity contribution in [3.63, 3.8) is 0 Å². The first-order chi connectivity index (χ1) is 16.3. The van der Waals surface area contributed by atoms with Crippen LogP contribution < -0.4 is 16.8 Å². The highest BCUT2D eigenvalue weighted by Crippen LogP contribution is 2.22. The maximum Gasteiger partial charge on any atom is 0.169 e. The van der Waals surface area contributed by atoms with Gasteiger partial charge in [0.05, 0.1) is 23.3 Å². The number of aromatic nitrogens is 3. The predicted molar refractivity (Wildman–Crippen MR) is 132 cm³/mol. The van der Waals surface area contributed by atoms with Crippen LogP contribution in [0.15, 0.2) is 18.3 Å². The number of halogens is 2. The summed E-state index contributed by atoms with van der Waals surface area (Å²) < 4.78 is 33.4. The van der Waals surface area contributed by atoms with Crippen LogP contribution in [0.2, 0.25) is 0 Å². The van der Waals surface area contributed by atoms with Gasteiger partial charge in [0.2, 0.25) is 0 Å². The zero-order chi connectivity index (χ0) is 25.3. The van der Waals surface area contributed by atoms with Crippen molar-refractivity contribution >= 4 is 28.3 Å². The number of nitrogen functional groups attached to an aromatic ring is 2. The first-order valence-corrected chi connectivity index (χ1v) is 11.0. The number of nitrogens with zero attached hydrogens (tertiary/aromatic N) is 2. The van der Waals surface area contributed by atoms with Crippen LogP contribution in [0.5, 0.6) is 0 Å². The molecule has 1 saturated heterocycles. The molecule has 0 amide bonds. The summed E-state index contributed by atoms with van der Waals surface area (Å²) in [6, 6.07) is 3.21. The third kappa shape index (κ3) is 6.50. The third-order valence-corrected chi connectivity index (χ3v) is 4.89. The van der Waals surface area contributed by atoms with E-state index in [0.717, 1.165) is 12.7 Å². The number of methoxy groups -OCH3 is 1. The second-order valence-corrected chi connectivity index (χ2v) is 7.30. The number of pyridine rings is 1. The van der Waals surface area contributed by atoms with Gasteiger partial charge in [-0.25, -0.2) is 18.7 Å². The molecule has 1 aliphatic heterocycles. The molecular formula is C24H31F2N7O. The van der Waals surface area contributed by atoms with Crippen molar-refractivity contribution < 1.29 is 13.5 Å². The molecule has 0 spiro atoms. The summed E-state index contributed by atoms with van der Waals surface area (Å²) in [5, 5.41) is 11.3. The maximum atomic E-state index is 14.4. The minimum absolute atomic E-state index is 0.00913. The van der Waals surface area contributed by atoms with Crippen LogP contribution in [0.3, 0.4) is 0 Å². The minimum Gasteiger partial charge on any atom is -0.398 e. The average Bonchev–Trinajstić information content (AvgIpc) is 3.45. The van der Waals surface area contributed by atoms with E-state index in [2.05, 4.69) is 32.1 Å². The van der Waals surface area contributed by atoms with E-state index in [1.807, 2.05) is 13.8 Å². The monoisotopic (exact) mass is 471 g/mol. The largest absolute Gasteiger partial charge is 0.398 e. The molecule has 7 N–H and O–H groups in total. The van der Waals surface area contributed by atoms with Crippen molar-refractivity contribution in [1.29, 1.82) is 5.41 Å². The van der Waals surface area contributed by atoms with E-state index >= 15 is 0 Å². The lowest BCUT2D eigenvalue weighted by Crippen LogP contribution is -2.25. The summed E-state index contributed by atoms with van der Waals surface area (Å²) in [6.45, 7) is 7.68. The molecule has 3 aromatic rings. The van der Waals surface area contributed by atoms with Crippen LogP contribution in [0, 0.1) is 35.8 Å². The second-order valence-electron chi connectivity index (χ2n) is 7.30. The van der Waals surface area contributed by atoms with E-state index in [1.54, 1.807) is 14.0 Å². The minimum atomic E-state index is -0.887. The number of imidazole rings is 1. The van der Waals surface area contributed by atoms with Gasteiger partial charge in [0.1, 0.15) is 28.7 Å². The van der Waals surface area contributed by atoms with Crippen molar-refractivity contribution in [3.8, 4) is 11.8 Å². The maximum absolute atomic E-state index is 14.4. The first kappa shape index (κ1) is 26.7. The number of nitrogens with two attached hydrogens (primary N) is 2. The van der Waals surface area contributed by atoms with Gasteiger partial charge in [-0.3, -0.25) is 5.41 Å². The Balaban J connectivity index is 0.000000343. The number of hydrogen-bond acceptors (Lipinski definition) is 7. The molecule has 1 unspecified atom stereocenters. The first-order valence-electron chi connectivity index (χ1n) is 11.0. The van der Waals surface area contributed by atoms with Gasteiger partial charge >= 0.3 is 0 Å². The molecule has 0 aliphatic carbocycles. The van der Waals surface area contributed by atoms with Crippen molar-refractivity contribution in [2.24, 2.45) is 0 Å². The molecule has 8 nitrogen and oxygen atoms in total. The molecular weight excluding hydrogens is 440 g/mol. The van der Waals surface area contributed by atoms with Gasteiger partial charge in [-0.05, 0) is 38.3 Å². The van der Waals surface area contributed by atoms with Crippen LogP contribution in [-0.4, -0.2) is 47.0 Å². The van der Waals surface area contributed by atoms with Crippen LogP contribution in [-0.2, 0) is 4.74 Å². The summed E-state index contributed by atoms with van der Waals surface area (Å²) in [7, 11) is 1.75. The number of anilines is 2. The lowest BCUT2D eigenvalue weighted by atomic mass is 10.1. The Morgan fingerprint density at radius 3 is 2.68 bits per heavy atom. The van der Waals surface area contributed by atoms with Gasteiger partial charge in [0, 0.05) is 31.1 Å². The predicted octanol–water partition coefficient (Wildman–Crippen LogP) is 3.54. The number of benzene rings is 1. The topological polar surface area (TPSA) is 139 Å². The summed E-state index contributed by atoms with van der Waals surface area (Å²) in [5.74, 6) is 3.42. The lowest BCUT2D eigenvalue weighted by Gasteiger charge is -2.05. The third-order valence-electron chi connectivity index (χ3n) is 4.89. The molecule has 1 aromatic carbocycles. The van der Waals surface area contributed by atoms with Gasteiger partial charge in [-0.2, -0.15) is 0 Å². The van der Waals surface area contributed by atoms with Crippen molar-refractivity contribution in [1.82, 2.24) is 20.3 Å². The summed E-state index contributed by atoms with van der Waals surface area (Å²) >= 11 is 0. The summed E-state index contributed by atoms with van der Waals surface area (Å²) in [5.41, 5.74) is 11.2. The quantitative estimate of drug-likeness (QED) is 0.293. The fourth-order valence-corrected chi connectivity index (χ4v) is 3.37. The van der Waals surface area contributed by atoms with Gasteiger partial charge in [-0.15, -0.1) is 0 Å². The molecule has 0 radical (unpaired) electrons. The van der Waals surface area contributed by atoms with Crippen LogP contribution >= 0.6 is 0 Å². The summed E-state index contributed by atoms with van der Waals surface area (Å²) in [4.78, 5) is 10.5. The van der Waals surface area contributed by atoms with Gasteiger partial charge < -0.3 is 26.5 Å². The second kappa shape index (κ2) is 12.6. The smallest absolute Gasteiger partial charge is 0.169 e. The van der Waals surface area contributed by atoms with Crippen LogP contribution in [0.4, 0.5) is 20.3 Å². The highest BCUT2D eigenvalue weighted by molar-refractivity contribution is 6.16. The Bertz CT molecular complexity index is 1170. The molecule has 1 fully saturated rings. The molecule has 3 heterocycles. The van der Waals surface area contributed by atoms with Crippen LogP contribution in [0.25, 0.3) is 11.0 Å². The SMILES string of the molecule is CC.COCC1CCCN1.Cc1nc2c(F)c(C#CC(=N)c3c(N)ccnc3N)c(F)cc2[nH]1. The zero-order valence-electron chi connectivity index (χ0n) is 19.9. The Kier molecular flexibility index (Phi) is 9.92. The van der Waals surface area contributed by atoms with E-state index in [-0.39, 0.29) is 33.8 Å². The van der Waals surface area contributed by atoms with Crippen LogP contribution in [0.1, 0.15) is 43.6 Å². The summed E-state index contributed by atoms with van der Waals surface area (Å²) in [6.07, 6.45) is 3.99. The van der Waals surface area contributed by atoms with Crippen molar-refractivity contribution in [2.75, 3.05) is 31.7 Å². The highest BCUT2D eigenvalue weighted by Gasteiger charge is 2.16. The van der Waals surface area contributed by atoms with E-state index in [9.17, 15) is 8.78 Å². The standard InChI is InChI=1S/C16H12F2N6.C6H13NO.C2H6/c1-7-23-12-6-9(17)8(14(18)15(12)24-7)2-3-10(19)13-11(20)4-5-22-16(13)21;1-8-5-6-3-2-4-7-6;1-2/h4-6,19H,1H3,(H,23,24)(H4,20,21,22);6-7H,2-5H2,1H3;1-2H3. The highest BCUT2D eigenvalue weighted by atomic mass is 19.1. The van der Waals surface area contributed by atoms with Gasteiger partial charge in [0.15, 0.2) is 5.82 Å². The molecule has 0 bridgehead atoms. The van der Waals surface area contributed by atoms with E-state index < -0.39 is 17.2 Å². The molecule has 2 aromatic heterocycles. The number of fused-ring (bicyclic) bond motifs is 1. The molecule has 34 heavy (non-hydrogen) atoms. The lowest BCUT2D eigenvalue weighted by molar-refractivity contribution is 0.173. The Morgan fingerprint density at radius 1 is 1.32 bits per heavy atom. The molecule has 1 aliphatic rings. The molecule has 0 saturated carbocycles. The van der Waals surface area contributed by atoms with Crippen molar-refractivity contribution in [2.45, 2.75) is 39.7 Å². The fourth-order valence-electron chi connectivity index (χ4n) is 3.37. The average molecular weight is 472 g/mol. The number of hydrogen-bond donors (Lipinski definition) is 5. The number of aromatic amines is 1. The number of ether oxygens (including phenoxy) is 1. The molecule has 4 rings (SSSR count). The molecule has 10 heteroatoms. The normalized spacial score (nSPS) is 14.4. The van der Waals surface area contributed by atoms with Gasteiger partial charge in [-0.1, -0.05) is 19.8 Å². The Hall–Kier alpha value is -3.55. The molecule has 182 valence electrons. The zero-order valence-corrected chi connectivity index (χ0v) is 19.9. The number of nitrogens with one attached hydrogen (secondary N) is 3. The van der Waals surface area contributed by atoms with E-state index in [1.165, 1.54) is 31.6 Å².